The molecule has 1 saturated heterocycles. The van der Waals surface area contributed by atoms with Crippen LogP contribution in [0, 0.1) is 0 Å². The largest absolute Gasteiger partial charge is 0.477 e. The Labute approximate surface area is 146 Å². The van der Waals surface area contributed by atoms with Gasteiger partial charge in [-0.25, -0.2) is 4.79 Å². The first-order chi connectivity index (χ1) is 11.4. The lowest BCUT2D eigenvalue weighted by Gasteiger charge is -2.49. The van der Waals surface area contributed by atoms with Crippen LogP contribution in [0.1, 0.15) is 24.3 Å². The summed E-state index contributed by atoms with van der Waals surface area (Å²) in [6, 6.07) is 2.61. The fourth-order valence-corrected chi connectivity index (χ4v) is 4.82. The summed E-state index contributed by atoms with van der Waals surface area (Å²) in [5.41, 5.74) is 5.97. The van der Waals surface area contributed by atoms with Crippen molar-refractivity contribution in [3.63, 3.8) is 0 Å². The number of aliphatic carboxylic acids is 1. The van der Waals surface area contributed by atoms with Crippen molar-refractivity contribution in [1.82, 2.24) is 10.2 Å². The van der Waals surface area contributed by atoms with Gasteiger partial charge in [0.05, 0.1) is 0 Å². The van der Waals surface area contributed by atoms with E-state index in [1.54, 1.807) is 6.08 Å². The van der Waals surface area contributed by atoms with Crippen LogP contribution in [0.3, 0.4) is 0 Å². The van der Waals surface area contributed by atoms with E-state index in [-0.39, 0.29) is 28.6 Å². The van der Waals surface area contributed by atoms with Crippen molar-refractivity contribution in [2.45, 2.75) is 36.1 Å². The third-order valence-electron chi connectivity index (χ3n) is 3.90. The Balaban J connectivity index is 1.63. The van der Waals surface area contributed by atoms with Gasteiger partial charge in [0.25, 0.3) is 5.91 Å². The van der Waals surface area contributed by atoms with Crippen LogP contribution >= 0.6 is 23.1 Å². The number of amides is 2. The topological polar surface area (TPSA) is 113 Å². The number of nitrogens with zero attached hydrogens (tertiary/aromatic N) is 1. The van der Waals surface area contributed by atoms with Gasteiger partial charge in [0, 0.05) is 22.6 Å². The Hall–Kier alpha value is -1.84. The number of hydrogen-bond acceptors (Lipinski definition) is 6. The molecule has 4 atom stereocenters. The zero-order valence-electron chi connectivity index (χ0n) is 12.8. The molecule has 0 aromatic carbocycles. The Bertz CT molecular complexity index is 704. The standard InChI is InChI=1S/C15H17N3O4S2/c1-7-5-9(15(21)22)18-13(20)12(14(18)24-7)17-11(19)6-8(16)10-3-2-4-23-10/h2-5,7-8,12,14H,6,16H2,1H3,(H,17,19)(H,21,22)/t7?,8?,12?,14-/m0/s1. The van der Waals surface area contributed by atoms with Crippen LogP contribution in [0.4, 0.5) is 0 Å². The van der Waals surface area contributed by atoms with Crippen molar-refractivity contribution in [2.24, 2.45) is 5.73 Å². The van der Waals surface area contributed by atoms with Crippen LogP contribution in [0.15, 0.2) is 29.3 Å². The smallest absolute Gasteiger partial charge is 0.352 e. The average molecular weight is 367 g/mol. The molecule has 7 nitrogen and oxygen atoms in total. The lowest BCUT2D eigenvalue weighted by Crippen LogP contribution is -2.70. The van der Waals surface area contributed by atoms with Gasteiger partial charge < -0.3 is 16.2 Å². The summed E-state index contributed by atoms with van der Waals surface area (Å²) in [7, 11) is 0. The van der Waals surface area contributed by atoms with Gasteiger partial charge in [0.15, 0.2) is 0 Å². The van der Waals surface area contributed by atoms with E-state index in [4.69, 9.17) is 5.73 Å². The lowest BCUT2D eigenvalue weighted by atomic mass is 10.0. The van der Waals surface area contributed by atoms with E-state index in [0.29, 0.717) is 0 Å². The SMILES string of the molecule is CC1C=C(C(=O)O)N2C(=O)C(NC(=O)CC(N)c3cccs3)[C@@H]2S1. The molecule has 2 aliphatic heterocycles. The maximum absolute atomic E-state index is 12.2. The minimum absolute atomic E-state index is 0.0166. The second-order valence-electron chi connectivity index (χ2n) is 5.67. The number of thiophene rings is 1. The van der Waals surface area contributed by atoms with Gasteiger partial charge in [-0.05, 0) is 24.4 Å². The molecule has 4 N–H and O–H groups in total. The fourth-order valence-electron chi connectivity index (χ4n) is 2.76. The average Bonchev–Trinajstić information content (AvgIpc) is 3.06. The van der Waals surface area contributed by atoms with Crippen LogP contribution in [0.2, 0.25) is 0 Å². The summed E-state index contributed by atoms with van der Waals surface area (Å²) in [6.07, 6.45) is 1.63. The van der Waals surface area contributed by atoms with Gasteiger partial charge in [-0.2, -0.15) is 0 Å². The van der Waals surface area contributed by atoms with Crippen LogP contribution in [0.5, 0.6) is 0 Å². The number of β-lactam (4-membered cyclic amide) rings is 1. The summed E-state index contributed by atoms with van der Waals surface area (Å²) < 4.78 is 0. The molecular formula is C15H17N3O4S2. The summed E-state index contributed by atoms with van der Waals surface area (Å²) in [5.74, 6) is -1.84. The number of hydrogen-bond donors (Lipinski definition) is 3. The molecule has 3 rings (SSSR count). The van der Waals surface area contributed by atoms with Gasteiger partial charge in [0.2, 0.25) is 5.91 Å². The Morgan fingerprint density at radius 1 is 1.50 bits per heavy atom. The Morgan fingerprint density at radius 2 is 2.25 bits per heavy atom. The molecule has 2 amide bonds. The Kier molecular flexibility index (Phi) is 4.66. The third-order valence-corrected chi connectivity index (χ3v) is 6.23. The van der Waals surface area contributed by atoms with E-state index in [2.05, 4.69) is 5.32 Å². The predicted octanol–water partition coefficient (Wildman–Crippen LogP) is 0.895. The summed E-state index contributed by atoms with van der Waals surface area (Å²) in [6.45, 7) is 1.86. The third kappa shape index (κ3) is 3.06. The van der Waals surface area contributed by atoms with E-state index in [1.807, 2.05) is 24.4 Å². The zero-order chi connectivity index (χ0) is 17.4. The number of fused-ring (bicyclic) bond motifs is 1. The van der Waals surface area contributed by atoms with Crippen molar-refractivity contribution < 1.29 is 19.5 Å². The molecule has 1 fully saturated rings. The number of thioether (sulfide) groups is 1. The van der Waals surface area contributed by atoms with Crippen LogP contribution in [-0.2, 0) is 14.4 Å². The van der Waals surface area contributed by atoms with Crippen LogP contribution in [0.25, 0.3) is 0 Å². The predicted molar refractivity (Wildman–Crippen MR) is 91.2 cm³/mol. The summed E-state index contributed by atoms with van der Waals surface area (Å²) >= 11 is 2.93. The number of nitrogens with two attached hydrogens (primary N) is 1. The highest BCUT2D eigenvalue weighted by molar-refractivity contribution is 8.00. The highest BCUT2D eigenvalue weighted by atomic mass is 32.2. The second kappa shape index (κ2) is 6.58. The van der Waals surface area contributed by atoms with Crippen molar-refractivity contribution in [2.75, 3.05) is 0 Å². The molecule has 0 aliphatic carbocycles. The van der Waals surface area contributed by atoms with Crippen molar-refractivity contribution in [1.29, 1.82) is 0 Å². The Morgan fingerprint density at radius 3 is 2.88 bits per heavy atom. The first-order valence-corrected chi connectivity index (χ1v) is 9.22. The van der Waals surface area contributed by atoms with Gasteiger partial charge in [-0.3, -0.25) is 14.5 Å². The number of carboxylic acids is 1. The van der Waals surface area contributed by atoms with Gasteiger partial charge in [0.1, 0.15) is 17.1 Å². The van der Waals surface area contributed by atoms with E-state index >= 15 is 0 Å². The first-order valence-electron chi connectivity index (χ1n) is 7.40. The molecule has 3 unspecified atom stereocenters. The number of carbonyl (C=O) groups is 3. The molecule has 2 aliphatic rings. The molecule has 0 radical (unpaired) electrons. The van der Waals surface area contributed by atoms with Gasteiger partial charge in [-0.15, -0.1) is 23.1 Å². The summed E-state index contributed by atoms with van der Waals surface area (Å²) in [4.78, 5) is 37.8. The normalized spacial score (nSPS) is 26.9. The van der Waals surface area contributed by atoms with Crippen LogP contribution in [-0.4, -0.2) is 44.5 Å². The van der Waals surface area contributed by atoms with E-state index in [1.165, 1.54) is 28.0 Å². The molecular weight excluding hydrogens is 350 g/mol. The number of carboxylic acid groups (broad SMARTS) is 1. The molecule has 0 spiro atoms. The minimum Gasteiger partial charge on any atom is -0.477 e. The maximum Gasteiger partial charge on any atom is 0.352 e. The summed E-state index contributed by atoms with van der Waals surface area (Å²) in [5, 5.41) is 13.4. The van der Waals surface area contributed by atoms with Crippen LogP contribution < -0.4 is 11.1 Å². The highest BCUT2D eigenvalue weighted by Gasteiger charge is 2.53. The molecule has 9 heteroatoms. The molecule has 3 heterocycles. The van der Waals surface area contributed by atoms with Crippen molar-refractivity contribution >= 4 is 40.9 Å². The minimum atomic E-state index is -1.13. The maximum atomic E-state index is 12.2. The number of rotatable bonds is 5. The van der Waals surface area contributed by atoms with Gasteiger partial charge in [-0.1, -0.05) is 6.07 Å². The second-order valence-corrected chi connectivity index (χ2v) is 8.15. The number of nitrogens with one attached hydrogen (secondary N) is 1. The quantitative estimate of drug-likeness (QED) is 0.667. The molecule has 0 bridgehead atoms. The molecule has 0 saturated carbocycles. The molecule has 1 aromatic rings. The zero-order valence-corrected chi connectivity index (χ0v) is 14.5. The fraction of sp³-hybridized carbons (Fsp3) is 0.400. The van der Waals surface area contributed by atoms with E-state index in [0.717, 1.165) is 4.88 Å². The van der Waals surface area contributed by atoms with Crippen molar-refractivity contribution in [3.05, 3.63) is 34.2 Å². The monoisotopic (exact) mass is 367 g/mol. The van der Waals surface area contributed by atoms with E-state index < -0.39 is 24.0 Å². The lowest BCUT2D eigenvalue weighted by molar-refractivity contribution is -0.150. The number of carbonyl (C=O) groups excluding carboxylic acids is 2. The van der Waals surface area contributed by atoms with E-state index in [9.17, 15) is 19.5 Å². The molecule has 1 aromatic heterocycles. The first kappa shape index (κ1) is 17.0. The molecule has 128 valence electrons. The van der Waals surface area contributed by atoms with Gasteiger partial charge >= 0.3 is 5.97 Å². The molecule has 24 heavy (non-hydrogen) atoms. The van der Waals surface area contributed by atoms with Crippen molar-refractivity contribution in [3.8, 4) is 0 Å². The highest BCUT2D eigenvalue weighted by Crippen LogP contribution is 2.40.